The summed E-state index contributed by atoms with van der Waals surface area (Å²) >= 11 is 0. The quantitative estimate of drug-likeness (QED) is 0.805. The second kappa shape index (κ2) is 6.78. The monoisotopic (exact) mass is 279 g/mol. The molecule has 1 aliphatic rings. The number of ketones is 1. The third-order valence-electron chi connectivity index (χ3n) is 3.32. The van der Waals surface area contributed by atoms with E-state index in [2.05, 4.69) is 17.2 Å². The third kappa shape index (κ3) is 5.24. The van der Waals surface area contributed by atoms with Gasteiger partial charge >= 0.3 is 6.09 Å². The van der Waals surface area contributed by atoms with Gasteiger partial charge in [0.15, 0.2) is 5.78 Å². The molecule has 3 atom stereocenters. The van der Waals surface area contributed by atoms with Gasteiger partial charge in [0.05, 0.1) is 6.04 Å². The Kier molecular flexibility index (Phi) is 5.62. The lowest BCUT2D eigenvalue weighted by Crippen LogP contribution is -2.48. The van der Waals surface area contributed by atoms with Crippen LogP contribution in [-0.4, -0.2) is 24.0 Å². The number of nitrogens with one attached hydrogen (secondary N) is 1. The van der Waals surface area contributed by atoms with Crippen LogP contribution in [0, 0.1) is 23.2 Å². The SMILES string of the molecule is CCC#CCC1CC1OC(=O)NC(C(C)=O)C(C)(C)C. The molecule has 0 heterocycles. The zero-order valence-corrected chi connectivity index (χ0v) is 13.1. The van der Waals surface area contributed by atoms with E-state index in [9.17, 15) is 9.59 Å². The summed E-state index contributed by atoms with van der Waals surface area (Å²) in [5, 5.41) is 2.67. The number of amides is 1. The molecular weight excluding hydrogens is 254 g/mol. The van der Waals surface area contributed by atoms with E-state index in [-0.39, 0.29) is 17.3 Å². The lowest BCUT2D eigenvalue weighted by molar-refractivity contribution is -0.121. The Balaban J connectivity index is 2.39. The van der Waals surface area contributed by atoms with Crippen LogP contribution in [0.2, 0.25) is 0 Å². The summed E-state index contributed by atoms with van der Waals surface area (Å²) in [6.45, 7) is 9.24. The van der Waals surface area contributed by atoms with Crippen molar-refractivity contribution < 1.29 is 14.3 Å². The third-order valence-corrected chi connectivity index (χ3v) is 3.32. The topological polar surface area (TPSA) is 55.4 Å². The van der Waals surface area contributed by atoms with E-state index in [0.717, 1.165) is 19.3 Å². The van der Waals surface area contributed by atoms with Gasteiger partial charge in [0, 0.05) is 18.8 Å². The summed E-state index contributed by atoms with van der Waals surface area (Å²) in [7, 11) is 0. The molecule has 1 aliphatic carbocycles. The summed E-state index contributed by atoms with van der Waals surface area (Å²) in [5.74, 6) is 6.37. The van der Waals surface area contributed by atoms with Gasteiger partial charge in [-0.3, -0.25) is 4.79 Å². The first-order valence-electron chi connectivity index (χ1n) is 7.19. The highest BCUT2D eigenvalue weighted by molar-refractivity contribution is 5.86. The molecule has 0 saturated heterocycles. The molecule has 0 radical (unpaired) electrons. The molecular formula is C16H25NO3. The van der Waals surface area contributed by atoms with Crippen molar-refractivity contribution in [2.24, 2.45) is 11.3 Å². The van der Waals surface area contributed by atoms with Crippen LogP contribution in [-0.2, 0) is 9.53 Å². The Morgan fingerprint density at radius 3 is 2.50 bits per heavy atom. The van der Waals surface area contributed by atoms with Crippen LogP contribution in [0.5, 0.6) is 0 Å². The second-order valence-electron chi connectivity index (χ2n) is 6.40. The number of carbonyl (C=O) groups is 2. The summed E-state index contributed by atoms with van der Waals surface area (Å²) in [4.78, 5) is 23.4. The van der Waals surface area contributed by atoms with Crippen LogP contribution in [0.25, 0.3) is 0 Å². The van der Waals surface area contributed by atoms with Gasteiger partial charge in [0.2, 0.25) is 0 Å². The molecule has 0 aliphatic heterocycles. The molecule has 4 nitrogen and oxygen atoms in total. The van der Waals surface area contributed by atoms with E-state index in [1.54, 1.807) is 0 Å². The molecule has 112 valence electrons. The fourth-order valence-electron chi connectivity index (χ4n) is 2.12. The number of Topliss-reactive ketones (excluding diaryl/α,β-unsaturated/α-hetero) is 1. The van der Waals surface area contributed by atoms with Crippen molar-refractivity contribution in [1.29, 1.82) is 0 Å². The van der Waals surface area contributed by atoms with Crippen molar-refractivity contribution >= 4 is 11.9 Å². The minimum Gasteiger partial charge on any atom is -0.446 e. The largest absolute Gasteiger partial charge is 0.446 e. The Bertz CT molecular complexity index is 425. The maximum absolute atomic E-state index is 11.8. The van der Waals surface area contributed by atoms with Gasteiger partial charge in [0.25, 0.3) is 0 Å². The van der Waals surface area contributed by atoms with Gasteiger partial charge in [-0.1, -0.05) is 27.7 Å². The number of rotatable bonds is 4. The Morgan fingerprint density at radius 1 is 1.35 bits per heavy atom. The predicted molar refractivity (Wildman–Crippen MR) is 78.1 cm³/mol. The van der Waals surface area contributed by atoms with Crippen molar-refractivity contribution in [3.63, 3.8) is 0 Å². The van der Waals surface area contributed by atoms with E-state index in [1.807, 2.05) is 27.7 Å². The van der Waals surface area contributed by atoms with Crippen LogP contribution >= 0.6 is 0 Å². The maximum atomic E-state index is 11.8. The summed E-state index contributed by atoms with van der Waals surface area (Å²) < 4.78 is 5.31. The minimum atomic E-state index is -0.521. The van der Waals surface area contributed by atoms with Gasteiger partial charge < -0.3 is 10.1 Å². The Hall–Kier alpha value is -1.50. The van der Waals surface area contributed by atoms with Gasteiger partial charge in [0.1, 0.15) is 6.10 Å². The molecule has 4 heteroatoms. The van der Waals surface area contributed by atoms with Crippen LogP contribution < -0.4 is 5.32 Å². The van der Waals surface area contributed by atoms with Crippen molar-refractivity contribution in [2.45, 2.75) is 66.0 Å². The van der Waals surface area contributed by atoms with Crippen molar-refractivity contribution in [3.8, 4) is 11.8 Å². The van der Waals surface area contributed by atoms with Crippen molar-refractivity contribution in [3.05, 3.63) is 0 Å². The van der Waals surface area contributed by atoms with Crippen LogP contribution in [0.4, 0.5) is 4.79 Å². The normalized spacial score (nSPS) is 22.2. The van der Waals surface area contributed by atoms with E-state index < -0.39 is 12.1 Å². The second-order valence-corrected chi connectivity index (χ2v) is 6.40. The molecule has 0 bridgehead atoms. The average Bonchev–Trinajstić information content (AvgIpc) is 3.03. The van der Waals surface area contributed by atoms with Gasteiger partial charge in [-0.25, -0.2) is 4.79 Å². The zero-order chi connectivity index (χ0) is 15.3. The van der Waals surface area contributed by atoms with E-state index in [1.165, 1.54) is 6.92 Å². The molecule has 1 N–H and O–H groups in total. The molecule has 1 fully saturated rings. The summed E-state index contributed by atoms with van der Waals surface area (Å²) in [6.07, 6.45) is 1.95. The van der Waals surface area contributed by atoms with Crippen LogP contribution in [0.3, 0.4) is 0 Å². The molecule has 0 spiro atoms. The zero-order valence-electron chi connectivity index (χ0n) is 13.1. The van der Waals surface area contributed by atoms with Gasteiger partial charge in [-0.15, -0.1) is 11.8 Å². The number of alkyl carbamates (subject to hydrolysis) is 1. The highest BCUT2D eigenvalue weighted by Gasteiger charge is 2.41. The van der Waals surface area contributed by atoms with Gasteiger partial charge in [-0.05, 0) is 18.8 Å². The molecule has 3 unspecified atom stereocenters. The first-order chi connectivity index (χ1) is 9.25. The first kappa shape index (κ1) is 16.6. The first-order valence-corrected chi connectivity index (χ1v) is 7.19. The Labute approximate surface area is 121 Å². The van der Waals surface area contributed by atoms with Crippen LogP contribution in [0.15, 0.2) is 0 Å². The molecule has 1 saturated carbocycles. The van der Waals surface area contributed by atoms with E-state index >= 15 is 0 Å². The smallest absolute Gasteiger partial charge is 0.408 e. The molecule has 1 amide bonds. The predicted octanol–water partition coefficient (Wildman–Crippen LogP) is 2.91. The molecule has 0 aromatic heterocycles. The fraction of sp³-hybridized carbons (Fsp3) is 0.750. The number of hydrogen-bond acceptors (Lipinski definition) is 3. The van der Waals surface area contributed by atoms with E-state index in [0.29, 0.717) is 5.92 Å². The number of ether oxygens (including phenoxy) is 1. The molecule has 0 aromatic rings. The molecule has 1 rings (SSSR count). The number of carbonyl (C=O) groups excluding carboxylic acids is 2. The molecule has 20 heavy (non-hydrogen) atoms. The lowest BCUT2D eigenvalue weighted by Gasteiger charge is -2.28. The molecule has 0 aromatic carbocycles. The maximum Gasteiger partial charge on any atom is 0.408 e. The van der Waals surface area contributed by atoms with E-state index in [4.69, 9.17) is 4.74 Å². The summed E-state index contributed by atoms with van der Waals surface area (Å²) in [5.41, 5.74) is -0.319. The highest BCUT2D eigenvalue weighted by Crippen LogP contribution is 2.36. The van der Waals surface area contributed by atoms with Gasteiger partial charge in [-0.2, -0.15) is 0 Å². The standard InChI is InChI=1S/C16H25NO3/c1-6-7-8-9-12-10-13(12)20-15(19)17-14(11(2)18)16(3,4)5/h12-14H,6,9-10H2,1-5H3,(H,17,19). The highest BCUT2D eigenvalue weighted by atomic mass is 16.6. The van der Waals surface area contributed by atoms with Crippen molar-refractivity contribution in [1.82, 2.24) is 5.32 Å². The number of hydrogen-bond donors (Lipinski definition) is 1. The Morgan fingerprint density at radius 2 is 2.00 bits per heavy atom. The lowest BCUT2D eigenvalue weighted by atomic mass is 9.85. The van der Waals surface area contributed by atoms with Crippen LogP contribution in [0.1, 0.15) is 53.9 Å². The fourth-order valence-corrected chi connectivity index (χ4v) is 2.12. The average molecular weight is 279 g/mol. The summed E-state index contributed by atoms with van der Waals surface area (Å²) in [6, 6.07) is -0.521. The van der Waals surface area contributed by atoms with Crippen molar-refractivity contribution in [2.75, 3.05) is 0 Å². The minimum absolute atomic E-state index is 0.0475.